The normalized spacial score (nSPS) is 9.42. The first-order chi connectivity index (χ1) is 5.72. The maximum atomic E-state index is 10.2. The van der Waals surface area contributed by atoms with Gasteiger partial charge < -0.3 is 10.5 Å². The first-order valence-electron chi connectivity index (χ1n) is 3.13. The van der Waals surface area contributed by atoms with Gasteiger partial charge in [-0.15, -0.1) is 11.3 Å². The van der Waals surface area contributed by atoms with E-state index in [0.29, 0.717) is 5.00 Å². The minimum absolute atomic E-state index is 0.141. The number of amides is 1. The largest absolute Gasteiger partial charge is 0.444 e. The molecular weight excluding hydrogens is 180 g/mol. The molecule has 0 aliphatic carbocycles. The second kappa shape index (κ2) is 3.93. The number of thiophene rings is 1. The van der Waals surface area contributed by atoms with Crippen molar-refractivity contribution in [3.8, 4) is 0 Å². The van der Waals surface area contributed by atoms with Crippen LogP contribution >= 0.6 is 11.3 Å². The van der Waals surface area contributed by atoms with E-state index in [1.54, 1.807) is 12.1 Å². The van der Waals surface area contributed by atoms with Gasteiger partial charge in [-0.3, -0.25) is 10.7 Å². The lowest BCUT2D eigenvalue weighted by Gasteiger charge is -1.96. The smallest absolute Gasteiger partial charge is 0.404 e. The number of carbonyl (C=O) groups excluding carboxylic acids is 1. The molecule has 0 fully saturated rings. The Bertz CT molecular complexity index is 274. The van der Waals surface area contributed by atoms with Crippen LogP contribution in [-0.4, -0.2) is 11.3 Å². The Kier molecular flexibility index (Phi) is 2.89. The van der Waals surface area contributed by atoms with E-state index in [1.165, 1.54) is 11.3 Å². The molecule has 0 aliphatic rings. The van der Waals surface area contributed by atoms with Gasteiger partial charge >= 0.3 is 6.09 Å². The standard InChI is InChI=1S/C6H8N2O3S/c7-6(9)11-3-4-1-2-5(8-10)12-4/h1-2,8,10H,3H2,(H2,7,9). The zero-order valence-corrected chi connectivity index (χ0v) is 6.93. The first kappa shape index (κ1) is 8.82. The monoisotopic (exact) mass is 188 g/mol. The topological polar surface area (TPSA) is 84.6 Å². The molecule has 4 N–H and O–H groups in total. The summed E-state index contributed by atoms with van der Waals surface area (Å²) in [6.45, 7) is 0.141. The van der Waals surface area contributed by atoms with Crippen LogP contribution in [0.25, 0.3) is 0 Å². The van der Waals surface area contributed by atoms with Crippen molar-refractivity contribution in [3.05, 3.63) is 17.0 Å². The van der Waals surface area contributed by atoms with Crippen LogP contribution in [0.1, 0.15) is 4.88 Å². The molecule has 0 spiro atoms. The third kappa shape index (κ3) is 2.40. The minimum Gasteiger partial charge on any atom is -0.444 e. The lowest BCUT2D eigenvalue weighted by molar-refractivity contribution is 0.151. The van der Waals surface area contributed by atoms with E-state index >= 15 is 0 Å². The zero-order chi connectivity index (χ0) is 8.97. The highest BCUT2D eigenvalue weighted by Crippen LogP contribution is 2.21. The maximum Gasteiger partial charge on any atom is 0.404 e. The molecule has 0 saturated carbocycles. The lowest BCUT2D eigenvalue weighted by Crippen LogP contribution is -2.12. The Balaban J connectivity index is 2.47. The Morgan fingerprint density at radius 3 is 3.00 bits per heavy atom. The van der Waals surface area contributed by atoms with Crippen molar-refractivity contribution in [2.45, 2.75) is 6.61 Å². The molecule has 0 saturated heterocycles. The van der Waals surface area contributed by atoms with E-state index < -0.39 is 6.09 Å². The number of hydrogen-bond acceptors (Lipinski definition) is 5. The van der Waals surface area contributed by atoms with Crippen LogP contribution in [0.3, 0.4) is 0 Å². The van der Waals surface area contributed by atoms with Crippen molar-refractivity contribution in [2.24, 2.45) is 5.73 Å². The summed E-state index contributed by atoms with van der Waals surface area (Å²) in [7, 11) is 0. The fraction of sp³-hybridized carbons (Fsp3) is 0.167. The lowest BCUT2D eigenvalue weighted by atomic mass is 10.5. The highest BCUT2D eigenvalue weighted by atomic mass is 32.1. The molecule has 6 heteroatoms. The second-order valence-corrected chi connectivity index (χ2v) is 3.15. The van der Waals surface area contributed by atoms with E-state index in [9.17, 15) is 4.79 Å². The Morgan fingerprint density at radius 1 is 1.75 bits per heavy atom. The predicted octanol–water partition coefficient (Wildman–Crippen LogP) is 1.14. The van der Waals surface area contributed by atoms with Gasteiger partial charge in [-0.1, -0.05) is 0 Å². The summed E-state index contributed by atoms with van der Waals surface area (Å²) in [5.74, 6) is 0. The van der Waals surface area contributed by atoms with Gasteiger partial charge in [0.25, 0.3) is 0 Å². The average Bonchev–Trinajstić information content (AvgIpc) is 2.48. The van der Waals surface area contributed by atoms with Gasteiger partial charge in [-0.25, -0.2) is 4.79 Å². The van der Waals surface area contributed by atoms with E-state index in [0.717, 1.165) is 4.88 Å². The Hall–Kier alpha value is -1.27. The quantitative estimate of drug-likeness (QED) is 0.621. The van der Waals surface area contributed by atoms with Crippen molar-refractivity contribution in [1.29, 1.82) is 0 Å². The van der Waals surface area contributed by atoms with Crippen molar-refractivity contribution < 1.29 is 14.7 Å². The van der Waals surface area contributed by atoms with Gasteiger partial charge in [0.1, 0.15) is 11.6 Å². The summed E-state index contributed by atoms with van der Waals surface area (Å²) in [5.41, 5.74) is 6.74. The fourth-order valence-electron chi connectivity index (χ4n) is 0.658. The van der Waals surface area contributed by atoms with Crippen molar-refractivity contribution >= 4 is 22.4 Å². The molecule has 0 radical (unpaired) electrons. The van der Waals surface area contributed by atoms with Gasteiger partial charge in [0.15, 0.2) is 0 Å². The van der Waals surface area contributed by atoms with Gasteiger partial charge in [0.05, 0.1) is 0 Å². The molecule has 0 atom stereocenters. The van der Waals surface area contributed by atoms with E-state index in [4.69, 9.17) is 10.9 Å². The van der Waals surface area contributed by atoms with Crippen LogP contribution in [0, 0.1) is 0 Å². The van der Waals surface area contributed by atoms with Crippen LogP contribution in [0.2, 0.25) is 0 Å². The minimum atomic E-state index is -0.804. The van der Waals surface area contributed by atoms with Crippen molar-refractivity contribution in [2.75, 3.05) is 5.48 Å². The molecule has 1 amide bonds. The third-order valence-corrected chi connectivity index (χ3v) is 2.09. The van der Waals surface area contributed by atoms with Crippen LogP contribution in [0.5, 0.6) is 0 Å². The molecule has 1 rings (SSSR count). The summed E-state index contributed by atoms with van der Waals surface area (Å²) in [5, 5.41) is 9.05. The molecule has 1 aromatic heterocycles. The summed E-state index contributed by atoms with van der Waals surface area (Å²) in [6, 6.07) is 3.40. The van der Waals surface area contributed by atoms with E-state index in [-0.39, 0.29) is 6.61 Å². The average molecular weight is 188 g/mol. The first-order valence-corrected chi connectivity index (χ1v) is 3.95. The van der Waals surface area contributed by atoms with Crippen LogP contribution in [-0.2, 0) is 11.3 Å². The molecule has 1 aromatic rings. The fourth-order valence-corrected chi connectivity index (χ4v) is 1.38. The molecule has 0 bridgehead atoms. The molecule has 1 heterocycles. The highest BCUT2D eigenvalue weighted by molar-refractivity contribution is 7.16. The summed E-state index contributed by atoms with van der Waals surface area (Å²) >= 11 is 1.28. The van der Waals surface area contributed by atoms with Gasteiger partial charge in [0.2, 0.25) is 0 Å². The van der Waals surface area contributed by atoms with Crippen LogP contribution in [0.4, 0.5) is 9.80 Å². The Labute approximate surface area is 72.7 Å². The number of rotatable bonds is 3. The number of ether oxygens (including phenoxy) is 1. The third-order valence-electron chi connectivity index (χ3n) is 1.13. The molecule has 0 aromatic carbocycles. The van der Waals surface area contributed by atoms with Crippen molar-refractivity contribution in [3.63, 3.8) is 0 Å². The van der Waals surface area contributed by atoms with Crippen molar-refractivity contribution in [1.82, 2.24) is 0 Å². The summed E-state index contributed by atoms with van der Waals surface area (Å²) < 4.78 is 4.53. The second-order valence-electron chi connectivity index (χ2n) is 1.99. The summed E-state index contributed by atoms with van der Waals surface area (Å²) in [6.07, 6.45) is -0.804. The van der Waals surface area contributed by atoms with Crippen LogP contribution in [0.15, 0.2) is 12.1 Å². The van der Waals surface area contributed by atoms with Gasteiger partial charge in [-0.2, -0.15) is 0 Å². The molecular formula is C6H8N2O3S. The molecule has 0 unspecified atom stereocenters. The molecule has 0 aliphatic heterocycles. The number of nitrogens with one attached hydrogen (secondary N) is 1. The summed E-state index contributed by atoms with van der Waals surface area (Å²) in [4.78, 5) is 11.0. The zero-order valence-electron chi connectivity index (χ0n) is 6.11. The predicted molar refractivity (Wildman–Crippen MR) is 44.1 cm³/mol. The maximum absolute atomic E-state index is 10.2. The van der Waals surface area contributed by atoms with E-state index in [1.807, 2.05) is 5.48 Å². The SMILES string of the molecule is NC(=O)OCc1ccc(NO)s1. The van der Waals surface area contributed by atoms with Gasteiger partial charge in [-0.05, 0) is 12.1 Å². The Morgan fingerprint density at radius 2 is 2.50 bits per heavy atom. The number of carbonyl (C=O) groups is 1. The van der Waals surface area contributed by atoms with Gasteiger partial charge in [0, 0.05) is 4.88 Å². The number of anilines is 1. The molecule has 12 heavy (non-hydrogen) atoms. The number of primary amides is 1. The molecule has 5 nitrogen and oxygen atoms in total. The number of hydrogen-bond donors (Lipinski definition) is 3. The molecule has 66 valence electrons. The highest BCUT2D eigenvalue weighted by Gasteiger charge is 2.00. The van der Waals surface area contributed by atoms with E-state index in [2.05, 4.69) is 4.74 Å². The van der Waals surface area contributed by atoms with Crippen LogP contribution < -0.4 is 11.2 Å². The number of nitrogens with two attached hydrogens (primary N) is 1.